The number of carboxylic acid groups (broad SMARTS) is 1. The average molecular weight is 246 g/mol. The number of carbonyl (C=O) groups is 1. The Bertz CT molecular complexity index is 676. The summed E-state index contributed by atoms with van der Waals surface area (Å²) in [4.78, 5) is 22.5. The number of rotatable bonds is 2. The van der Waals surface area contributed by atoms with Crippen LogP contribution in [0.4, 0.5) is 0 Å². The summed E-state index contributed by atoms with van der Waals surface area (Å²) in [5, 5.41) is 22.5. The lowest BCUT2D eigenvalue weighted by atomic mass is 10.1. The molecule has 2 rings (SSSR count). The maximum atomic E-state index is 11.5. The Morgan fingerprint density at radius 3 is 2.61 bits per heavy atom. The van der Waals surface area contributed by atoms with Gasteiger partial charge in [-0.25, -0.2) is 9.48 Å². The van der Waals surface area contributed by atoms with Gasteiger partial charge in [0.15, 0.2) is 0 Å². The normalized spacial score (nSPS) is 10.3. The topological polar surface area (TPSA) is 92.4 Å². The maximum absolute atomic E-state index is 11.5. The predicted molar refractivity (Wildman–Crippen MR) is 63.5 cm³/mol. The van der Waals surface area contributed by atoms with Crippen molar-refractivity contribution in [2.45, 2.75) is 0 Å². The zero-order chi connectivity index (χ0) is 13.3. The molecule has 1 aromatic carbocycles. The van der Waals surface area contributed by atoms with Crippen LogP contribution in [0.25, 0.3) is 11.3 Å². The molecule has 0 spiro atoms. The molecule has 18 heavy (non-hydrogen) atoms. The van der Waals surface area contributed by atoms with Crippen molar-refractivity contribution in [1.82, 2.24) is 9.78 Å². The van der Waals surface area contributed by atoms with E-state index >= 15 is 0 Å². The zero-order valence-electron chi connectivity index (χ0n) is 9.49. The monoisotopic (exact) mass is 246 g/mol. The first kappa shape index (κ1) is 11.8. The fraction of sp³-hybridized carbons (Fsp3) is 0.0833. The number of aromatic hydroxyl groups is 1. The van der Waals surface area contributed by atoms with E-state index in [1.165, 1.54) is 13.1 Å². The summed E-state index contributed by atoms with van der Waals surface area (Å²) in [7, 11) is 1.36. The molecule has 0 unspecified atom stereocenters. The van der Waals surface area contributed by atoms with Crippen molar-refractivity contribution in [2.75, 3.05) is 0 Å². The molecule has 6 nitrogen and oxygen atoms in total. The van der Waals surface area contributed by atoms with Gasteiger partial charge in [0, 0.05) is 12.6 Å². The highest BCUT2D eigenvalue weighted by Crippen LogP contribution is 2.26. The van der Waals surface area contributed by atoms with E-state index < -0.39 is 11.5 Å². The fourth-order valence-corrected chi connectivity index (χ4v) is 1.58. The van der Waals surface area contributed by atoms with Crippen LogP contribution in [0.2, 0.25) is 0 Å². The minimum Gasteiger partial charge on any atom is -0.507 e. The van der Waals surface area contributed by atoms with Crippen molar-refractivity contribution < 1.29 is 15.0 Å². The van der Waals surface area contributed by atoms with Crippen LogP contribution < -0.4 is 5.56 Å². The third-order valence-electron chi connectivity index (χ3n) is 2.47. The van der Waals surface area contributed by atoms with E-state index in [0.717, 1.165) is 10.7 Å². The Kier molecular flexibility index (Phi) is 2.85. The van der Waals surface area contributed by atoms with Gasteiger partial charge in [-0.3, -0.25) is 4.79 Å². The van der Waals surface area contributed by atoms with Gasteiger partial charge < -0.3 is 10.2 Å². The zero-order valence-corrected chi connectivity index (χ0v) is 9.49. The maximum Gasteiger partial charge on any atom is 0.341 e. The van der Waals surface area contributed by atoms with Gasteiger partial charge in [0.1, 0.15) is 11.3 Å². The summed E-state index contributed by atoms with van der Waals surface area (Å²) >= 11 is 0. The molecule has 2 aromatic rings. The van der Waals surface area contributed by atoms with Crippen LogP contribution in [0, 0.1) is 0 Å². The summed E-state index contributed by atoms with van der Waals surface area (Å²) in [6.45, 7) is 0. The van der Waals surface area contributed by atoms with Gasteiger partial charge in [-0.05, 0) is 18.2 Å². The molecule has 0 aliphatic rings. The lowest BCUT2D eigenvalue weighted by Crippen LogP contribution is -2.26. The van der Waals surface area contributed by atoms with Gasteiger partial charge in [-0.1, -0.05) is 12.1 Å². The SMILES string of the molecule is Cn1nc(-c2ccccc2O)cc(C(=O)O)c1=O. The number of para-hydroxylation sites is 1. The van der Waals surface area contributed by atoms with Crippen LogP contribution in [0.1, 0.15) is 10.4 Å². The summed E-state index contributed by atoms with van der Waals surface area (Å²) in [6.07, 6.45) is 0. The number of benzene rings is 1. The molecule has 0 aliphatic heterocycles. The smallest absolute Gasteiger partial charge is 0.341 e. The molecule has 1 heterocycles. The molecule has 0 bridgehead atoms. The van der Waals surface area contributed by atoms with Crippen molar-refractivity contribution in [3.05, 3.63) is 46.2 Å². The third-order valence-corrected chi connectivity index (χ3v) is 2.47. The van der Waals surface area contributed by atoms with Gasteiger partial charge in [-0.15, -0.1) is 0 Å². The van der Waals surface area contributed by atoms with Crippen molar-refractivity contribution in [3.8, 4) is 17.0 Å². The van der Waals surface area contributed by atoms with Crippen molar-refractivity contribution in [3.63, 3.8) is 0 Å². The van der Waals surface area contributed by atoms with Crippen LogP contribution >= 0.6 is 0 Å². The highest BCUT2D eigenvalue weighted by Gasteiger charge is 2.15. The first-order valence-corrected chi connectivity index (χ1v) is 5.10. The lowest BCUT2D eigenvalue weighted by molar-refractivity contribution is 0.0694. The van der Waals surface area contributed by atoms with Crippen LogP contribution in [-0.4, -0.2) is 26.0 Å². The number of phenols is 1. The molecule has 0 saturated carbocycles. The average Bonchev–Trinajstić information content (AvgIpc) is 2.33. The van der Waals surface area contributed by atoms with E-state index in [-0.39, 0.29) is 17.0 Å². The van der Waals surface area contributed by atoms with E-state index in [1.54, 1.807) is 18.2 Å². The van der Waals surface area contributed by atoms with E-state index in [1.807, 2.05) is 0 Å². The standard InChI is InChI=1S/C12H10N2O4/c1-14-11(16)8(12(17)18)6-9(13-14)7-4-2-3-5-10(7)15/h2-6,15H,1H3,(H,17,18). The number of aryl methyl sites for hydroxylation is 1. The van der Waals surface area contributed by atoms with E-state index in [9.17, 15) is 14.7 Å². The first-order valence-electron chi connectivity index (χ1n) is 5.10. The molecule has 0 amide bonds. The minimum atomic E-state index is -1.32. The van der Waals surface area contributed by atoms with E-state index in [2.05, 4.69) is 5.10 Å². The number of hydrogen-bond acceptors (Lipinski definition) is 4. The van der Waals surface area contributed by atoms with Crippen LogP contribution in [0.3, 0.4) is 0 Å². The number of phenolic OH excluding ortho intramolecular Hbond substituents is 1. The molecule has 0 atom stereocenters. The van der Waals surface area contributed by atoms with Crippen LogP contribution in [0.5, 0.6) is 5.75 Å². The molecule has 0 aliphatic carbocycles. The van der Waals surface area contributed by atoms with E-state index in [4.69, 9.17) is 5.11 Å². The fourth-order valence-electron chi connectivity index (χ4n) is 1.58. The van der Waals surface area contributed by atoms with Crippen LogP contribution in [0.15, 0.2) is 35.1 Å². The molecule has 0 fully saturated rings. The number of aromatic nitrogens is 2. The molecular formula is C12H10N2O4. The highest BCUT2D eigenvalue weighted by atomic mass is 16.4. The van der Waals surface area contributed by atoms with Crippen molar-refractivity contribution >= 4 is 5.97 Å². The lowest BCUT2D eigenvalue weighted by Gasteiger charge is -2.06. The van der Waals surface area contributed by atoms with Gasteiger partial charge in [0.05, 0.1) is 5.69 Å². The molecular weight excluding hydrogens is 236 g/mol. The Labute approximate surface area is 102 Å². The predicted octanol–water partition coefficient (Wildman–Crippen LogP) is 0.851. The summed E-state index contributed by atoms with van der Waals surface area (Å²) < 4.78 is 0.936. The Morgan fingerprint density at radius 1 is 1.33 bits per heavy atom. The molecule has 0 saturated heterocycles. The van der Waals surface area contributed by atoms with Gasteiger partial charge >= 0.3 is 5.97 Å². The van der Waals surface area contributed by atoms with Crippen LogP contribution in [-0.2, 0) is 7.05 Å². The van der Waals surface area contributed by atoms with Crippen molar-refractivity contribution in [1.29, 1.82) is 0 Å². The Balaban J connectivity index is 2.71. The Hall–Kier alpha value is -2.63. The summed E-state index contributed by atoms with van der Waals surface area (Å²) in [5.74, 6) is -1.35. The second-order valence-corrected chi connectivity index (χ2v) is 3.69. The number of carboxylic acids is 1. The van der Waals surface area contributed by atoms with Gasteiger partial charge in [-0.2, -0.15) is 5.10 Å². The largest absolute Gasteiger partial charge is 0.507 e. The number of nitrogens with zero attached hydrogens (tertiary/aromatic N) is 2. The molecule has 92 valence electrons. The Morgan fingerprint density at radius 2 is 2.00 bits per heavy atom. The second-order valence-electron chi connectivity index (χ2n) is 3.69. The van der Waals surface area contributed by atoms with Gasteiger partial charge in [0.2, 0.25) is 0 Å². The highest BCUT2D eigenvalue weighted by molar-refractivity contribution is 5.88. The molecule has 1 aromatic heterocycles. The summed E-state index contributed by atoms with van der Waals surface area (Å²) in [6, 6.07) is 7.53. The quantitative estimate of drug-likeness (QED) is 0.819. The number of aromatic carboxylic acids is 1. The van der Waals surface area contributed by atoms with E-state index in [0.29, 0.717) is 5.56 Å². The van der Waals surface area contributed by atoms with Crippen molar-refractivity contribution in [2.24, 2.45) is 7.05 Å². The minimum absolute atomic E-state index is 0.0278. The second kappa shape index (κ2) is 4.33. The first-order chi connectivity index (χ1) is 8.50. The molecule has 2 N–H and O–H groups in total. The third kappa shape index (κ3) is 1.95. The number of hydrogen-bond donors (Lipinski definition) is 2. The summed E-state index contributed by atoms with van der Waals surface area (Å²) in [5.41, 5.74) is -0.476. The van der Waals surface area contributed by atoms with Gasteiger partial charge in [0.25, 0.3) is 5.56 Å². The molecule has 6 heteroatoms. The molecule has 0 radical (unpaired) electrons.